The van der Waals surface area contributed by atoms with Crippen LogP contribution in [0.5, 0.6) is 0 Å². The fraction of sp³-hybridized carbons (Fsp3) is 0.500. The molecule has 1 aromatic carbocycles. The molecule has 0 aromatic heterocycles. The average Bonchev–Trinajstić information content (AvgIpc) is 3.00. The van der Waals surface area contributed by atoms with Crippen molar-refractivity contribution in [1.82, 2.24) is 5.32 Å². The predicted octanol–water partition coefficient (Wildman–Crippen LogP) is 2.70. The first-order valence-electron chi connectivity index (χ1n) is 7.76. The Labute approximate surface area is 127 Å². The molecule has 21 heavy (non-hydrogen) atoms. The molecular formula is C18H24N2O. The number of nitrogens with one attached hydrogen (secondary N) is 1. The highest BCUT2D eigenvalue weighted by atomic mass is 16.1. The third-order valence-corrected chi connectivity index (χ3v) is 4.52. The summed E-state index contributed by atoms with van der Waals surface area (Å²) in [4.78, 5) is 12.2. The largest absolute Gasteiger partial charge is 0.351 e. The van der Waals surface area contributed by atoms with Crippen LogP contribution in [0, 0.1) is 17.3 Å². The number of benzene rings is 1. The summed E-state index contributed by atoms with van der Waals surface area (Å²) in [6.07, 6.45) is 6.19. The number of amides is 1. The van der Waals surface area contributed by atoms with Gasteiger partial charge in [-0.25, -0.2) is 0 Å². The highest BCUT2D eigenvalue weighted by molar-refractivity contribution is 5.94. The Bertz CT molecular complexity index is 531. The summed E-state index contributed by atoms with van der Waals surface area (Å²) in [5.74, 6) is 5.77. The van der Waals surface area contributed by atoms with Crippen molar-refractivity contribution in [3.63, 3.8) is 0 Å². The normalized spacial score (nSPS) is 16.1. The Morgan fingerprint density at radius 2 is 1.95 bits per heavy atom. The van der Waals surface area contributed by atoms with Crippen molar-refractivity contribution in [2.45, 2.75) is 39.0 Å². The van der Waals surface area contributed by atoms with Crippen LogP contribution in [0.3, 0.4) is 0 Å². The zero-order valence-corrected chi connectivity index (χ0v) is 12.7. The van der Waals surface area contributed by atoms with Gasteiger partial charge in [-0.3, -0.25) is 4.79 Å². The van der Waals surface area contributed by atoms with E-state index in [-0.39, 0.29) is 5.91 Å². The second-order valence-corrected chi connectivity index (χ2v) is 5.83. The van der Waals surface area contributed by atoms with Crippen LogP contribution in [0.4, 0.5) is 0 Å². The molecule has 0 heterocycles. The molecule has 0 spiro atoms. The monoisotopic (exact) mass is 284 g/mol. The lowest BCUT2D eigenvalue weighted by molar-refractivity contribution is 0.0929. The molecule has 0 bridgehead atoms. The number of hydrogen-bond donors (Lipinski definition) is 2. The summed E-state index contributed by atoms with van der Waals surface area (Å²) in [6.45, 7) is 3.36. The quantitative estimate of drug-likeness (QED) is 0.835. The fourth-order valence-corrected chi connectivity index (χ4v) is 3.01. The minimum absolute atomic E-state index is 0.00746. The Hall–Kier alpha value is -1.79. The predicted molar refractivity (Wildman–Crippen MR) is 85.9 cm³/mol. The minimum Gasteiger partial charge on any atom is -0.351 e. The van der Waals surface area contributed by atoms with Crippen molar-refractivity contribution in [2.24, 2.45) is 11.1 Å². The molecule has 0 saturated heterocycles. The lowest BCUT2D eigenvalue weighted by Crippen LogP contribution is -2.35. The average molecular weight is 284 g/mol. The molecule has 0 atom stereocenters. The van der Waals surface area contributed by atoms with Gasteiger partial charge in [-0.15, -0.1) is 0 Å². The van der Waals surface area contributed by atoms with E-state index in [2.05, 4.69) is 24.1 Å². The molecular weight excluding hydrogens is 260 g/mol. The van der Waals surface area contributed by atoms with Crippen LogP contribution in [-0.4, -0.2) is 19.0 Å². The summed E-state index contributed by atoms with van der Waals surface area (Å²) in [5, 5.41) is 3.10. The Kier molecular flexibility index (Phi) is 5.41. The van der Waals surface area contributed by atoms with Crippen LogP contribution >= 0.6 is 0 Å². The molecule has 3 heteroatoms. The maximum Gasteiger partial charge on any atom is 0.251 e. The fourth-order valence-electron chi connectivity index (χ4n) is 3.01. The number of hydrogen-bond acceptors (Lipinski definition) is 2. The Morgan fingerprint density at radius 3 is 2.52 bits per heavy atom. The van der Waals surface area contributed by atoms with Crippen LogP contribution in [0.15, 0.2) is 24.3 Å². The first-order valence-corrected chi connectivity index (χ1v) is 7.76. The molecule has 3 nitrogen and oxygen atoms in total. The van der Waals surface area contributed by atoms with Crippen LogP contribution in [-0.2, 0) is 0 Å². The van der Waals surface area contributed by atoms with E-state index < -0.39 is 0 Å². The standard InChI is InChI=1S/C18H24N2O/c1-2-18(11-3-4-12-18)14-20-17(21)16-9-7-15(8-10-16)6-5-13-19/h7-10H,2-4,11-14,19H2,1H3,(H,20,21). The van der Waals surface area contributed by atoms with Crippen LogP contribution in [0.1, 0.15) is 54.9 Å². The molecule has 1 aliphatic carbocycles. The molecule has 3 N–H and O–H groups in total. The first-order chi connectivity index (χ1) is 10.2. The summed E-state index contributed by atoms with van der Waals surface area (Å²) >= 11 is 0. The van der Waals surface area contributed by atoms with Gasteiger partial charge in [-0.05, 0) is 48.9 Å². The molecule has 0 unspecified atom stereocenters. The first kappa shape index (κ1) is 15.6. The lowest BCUT2D eigenvalue weighted by Gasteiger charge is -2.27. The van der Waals surface area contributed by atoms with Gasteiger partial charge in [0.25, 0.3) is 5.91 Å². The van der Waals surface area contributed by atoms with Gasteiger partial charge in [0.2, 0.25) is 0 Å². The topological polar surface area (TPSA) is 55.1 Å². The van der Waals surface area contributed by atoms with Gasteiger partial charge in [0, 0.05) is 17.7 Å². The van der Waals surface area contributed by atoms with E-state index in [4.69, 9.17) is 5.73 Å². The highest BCUT2D eigenvalue weighted by Crippen LogP contribution is 2.40. The van der Waals surface area contributed by atoms with Crippen molar-refractivity contribution >= 4 is 5.91 Å². The van der Waals surface area contributed by atoms with E-state index >= 15 is 0 Å². The molecule has 0 radical (unpaired) electrons. The van der Waals surface area contributed by atoms with E-state index in [1.54, 1.807) is 0 Å². The van der Waals surface area contributed by atoms with E-state index in [1.165, 1.54) is 25.7 Å². The molecule has 1 aliphatic rings. The third kappa shape index (κ3) is 4.09. The van der Waals surface area contributed by atoms with Crippen molar-refractivity contribution in [3.8, 4) is 11.8 Å². The number of rotatable bonds is 4. The maximum absolute atomic E-state index is 12.2. The second-order valence-electron chi connectivity index (χ2n) is 5.83. The molecule has 1 aromatic rings. The van der Waals surface area contributed by atoms with Crippen molar-refractivity contribution in [3.05, 3.63) is 35.4 Å². The van der Waals surface area contributed by atoms with Crippen molar-refractivity contribution in [1.29, 1.82) is 0 Å². The Balaban J connectivity index is 1.94. The number of carbonyl (C=O) groups is 1. The minimum atomic E-state index is 0.00746. The summed E-state index contributed by atoms with van der Waals surface area (Å²) in [5.41, 5.74) is 7.24. The lowest BCUT2D eigenvalue weighted by atomic mass is 9.83. The van der Waals surface area contributed by atoms with Gasteiger partial charge in [0.15, 0.2) is 0 Å². The second kappa shape index (κ2) is 7.28. The Morgan fingerprint density at radius 1 is 1.29 bits per heavy atom. The number of nitrogens with two attached hydrogens (primary N) is 1. The number of carbonyl (C=O) groups excluding carboxylic acids is 1. The van der Waals surface area contributed by atoms with E-state index in [1.807, 2.05) is 24.3 Å². The van der Waals surface area contributed by atoms with Crippen molar-refractivity contribution < 1.29 is 4.79 Å². The smallest absolute Gasteiger partial charge is 0.251 e. The molecule has 0 aliphatic heterocycles. The maximum atomic E-state index is 12.2. The summed E-state index contributed by atoms with van der Waals surface area (Å²) < 4.78 is 0. The summed E-state index contributed by atoms with van der Waals surface area (Å²) in [6, 6.07) is 7.37. The van der Waals surface area contributed by atoms with Gasteiger partial charge in [-0.2, -0.15) is 0 Å². The van der Waals surface area contributed by atoms with Gasteiger partial charge in [0.1, 0.15) is 0 Å². The van der Waals surface area contributed by atoms with E-state index in [9.17, 15) is 4.79 Å². The summed E-state index contributed by atoms with van der Waals surface area (Å²) in [7, 11) is 0. The van der Waals surface area contributed by atoms with Gasteiger partial charge < -0.3 is 11.1 Å². The molecule has 1 saturated carbocycles. The van der Waals surface area contributed by atoms with E-state index in [0.717, 1.165) is 18.5 Å². The molecule has 2 rings (SSSR count). The third-order valence-electron chi connectivity index (χ3n) is 4.52. The highest BCUT2D eigenvalue weighted by Gasteiger charge is 2.32. The van der Waals surface area contributed by atoms with Gasteiger partial charge in [0.05, 0.1) is 6.54 Å². The van der Waals surface area contributed by atoms with Gasteiger partial charge in [-0.1, -0.05) is 31.6 Å². The van der Waals surface area contributed by atoms with Crippen LogP contribution in [0.2, 0.25) is 0 Å². The van der Waals surface area contributed by atoms with Gasteiger partial charge >= 0.3 is 0 Å². The molecule has 112 valence electrons. The van der Waals surface area contributed by atoms with Crippen LogP contribution < -0.4 is 11.1 Å². The van der Waals surface area contributed by atoms with E-state index in [0.29, 0.717) is 17.5 Å². The zero-order valence-electron chi connectivity index (χ0n) is 12.7. The van der Waals surface area contributed by atoms with Crippen molar-refractivity contribution in [2.75, 3.05) is 13.1 Å². The zero-order chi connectivity index (χ0) is 15.1. The SMILES string of the molecule is CCC1(CNC(=O)c2ccc(C#CCN)cc2)CCCC1. The molecule has 1 amide bonds. The van der Waals surface area contributed by atoms with Crippen LogP contribution in [0.25, 0.3) is 0 Å². The molecule has 1 fully saturated rings.